The van der Waals surface area contributed by atoms with E-state index in [1.165, 1.54) is 73.8 Å². The Labute approximate surface area is 428 Å². The van der Waals surface area contributed by atoms with E-state index in [0.717, 1.165) is 28.7 Å². The molecule has 0 atom stereocenters. The van der Waals surface area contributed by atoms with Crippen molar-refractivity contribution in [3.8, 4) is 57.5 Å². The van der Waals surface area contributed by atoms with Gasteiger partial charge in [0.2, 0.25) is 9.84 Å². The number of aryl methyl sites for hydroxylation is 1. The van der Waals surface area contributed by atoms with Crippen molar-refractivity contribution in [3.63, 3.8) is 0 Å². The zero-order valence-electron chi connectivity index (χ0n) is 39.8. The second-order valence-corrected chi connectivity index (χ2v) is 21.5. The van der Waals surface area contributed by atoms with E-state index < -0.39 is 39.9 Å². The van der Waals surface area contributed by atoms with Gasteiger partial charge >= 0.3 is 0 Å². The fraction of sp³-hybridized carbons (Fsp3) is 0.111. The molecule has 0 aliphatic carbocycles. The predicted molar refractivity (Wildman–Crippen MR) is 277 cm³/mol. The van der Waals surface area contributed by atoms with Gasteiger partial charge in [-0.25, -0.2) is 8.42 Å². The normalized spacial score (nSPS) is 13.0. The van der Waals surface area contributed by atoms with Crippen LogP contribution in [0.3, 0.4) is 0 Å². The molecule has 0 saturated carbocycles. The van der Waals surface area contributed by atoms with Crippen LogP contribution in [0.15, 0.2) is 202 Å². The molecule has 8 aromatic carbocycles. The monoisotopic (exact) mass is 1060 g/mol. The lowest BCUT2D eigenvalue weighted by Gasteiger charge is -2.45. The highest BCUT2D eigenvalue weighted by Crippen LogP contribution is 2.38. The molecule has 0 radical (unpaired) electrons. The molecule has 8 aromatic rings. The van der Waals surface area contributed by atoms with Crippen LogP contribution in [0.4, 0.5) is 17.1 Å². The van der Waals surface area contributed by atoms with Gasteiger partial charge < -0.3 is 43.1 Å². The Kier molecular flexibility index (Phi) is 14.4. The first-order valence-electron chi connectivity index (χ1n) is 22.5. The standard InChI is InChI=1S/C54H47N3O14S3/c1-37-4-26-49(27-5-37)72(58,59)50-28-22-44(23-29-50)69-48-25-31-52(54(33-48)74(63,64)65)71-46-16-10-40(11-17-46)57-35-55(38-6-12-42(13-7-38)68-43-20-18-41(66-2)19-21-43)34-56(36-57)39-8-14-45(15-9-39)70-51-30-24-47(67-3)32-53(51)73(60,61)62/h4-33H,34-36H2,1-3H3,(H,60,61,62)(H,63,64,65). The SMILES string of the molecule is COc1ccc(Oc2ccc(N3CN(c4ccc(Oc5ccc(OC)cc5S(=O)(=O)O)cc4)CN(c4ccc(Oc5ccc(Oc6ccc(S(=O)(=O)c7ccc(C)cc7)cc6)cc5S(=O)(=O)O)cc4)C3)cc2)cc1. The van der Waals surface area contributed by atoms with Crippen molar-refractivity contribution in [3.05, 3.63) is 188 Å². The molecule has 0 spiro atoms. The molecule has 0 unspecified atom stereocenters. The highest BCUT2D eigenvalue weighted by atomic mass is 32.2. The molecule has 74 heavy (non-hydrogen) atoms. The summed E-state index contributed by atoms with van der Waals surface area (Å²) in [4.78, 5) is 5.55. The first-order chi connectivity index (χ1) is 35.4. The third-order valence-corrected chi connectivity index (χ3v) is 15.2. The molecule has 2 N–H and O–H groups in total. The maximum absolute atomic E-state index is 13.2. The quantitative estimate of drug-likeness (QED) is 0.0813. The summed E-state index contributed by atoms with van der Waals surface area (Å²) in [5.74, 6) is 2.79. The molecule has 1 aliphatic rings. The van der Waals surface area contributed by atoms with Gasteiger partial charge in [0.15, 0.2) is 0 Å². The number of sulfone groups is 1. The van der Waals surface area contributed by atoms with Gasteiger partial charge in [0.25, 0.3) is 20.2 Å². The Morgan fingerprint density at radius 3 is 1.05 bits per heavy atom. The van der Waals surface area contributed by atoms with Gasteiger partial charge in [0, 0.05) is 29.2 Å². The van der Waals surface area contributed by atoms with Crippen LogP contribution in [0, 0.1) is 6.92 Å². The number of nitrogens with zero attached hydrogens (tertiary/aromatic N) is 3. The molecule has 1 fully saturated rings. The molecule has 0 amide bonds. The summed E-state index contributed by atoms with van der Waals surface area (Å²) in [5.41, 5.74) is 3.38. The van der Waals surface area contributed by atoms with E-state index in [-0.39, 0.29) is 44.3 Å². The number of anilines is 3. The lowest BCUT2D eigenvalue weighted by atomic mass is 10.2. The van der Waals surface area contributed by atoms with Crippen LogP contribution in [-0.4, -0.2) is 68.6 Å². The second-order valence-electron chi connectivity index (χ2n) is 16.8. The summed E-state index contributed by atoms with van der Waals surface area (Å²) in [6, 6.07) is 49.1. The molecule has 1 aliphatic heterocycles. The molecule has 17 nitrogen and oxygen atoms in total. The highest BCUT2D eigenvalue weighted by molar-refractivity contribution is 7.91. The van der Waals surface area contributed by atoms with Crippen LogP contribution in [0.2, 0.25) is 0 Å². The average molecular weight is 1060 g/mol. The largest absolute Gasteiger partial charge is 0.497 e. The molecule has 9 rings (SSSR count). The third-order valence-electron chi connectivity index (χ3n) is 11.7. The summed E-state index contributed by atoms with van der Waals surface area (Å²) in [6.07, 6.45) is 0. The van der Waals surface area contributed by atoms with Crippen LogP contribution in [-0.2, 0) is 30.1 Å². The van der Waals surface area contributed by atoms with Crippen molar-refractivity contribution in [1.29, 1.82) is 0 Å². The van der Waals surface area contributed by atoms with Crippen molar-refractivity contribution in [2.45, 2.75) is 26.5 Å². The molecule has 1 heterocycles. The van der Waals surface area contributed by atoms with E-state index in [2.05, 4.69) is 14.7 Å². The summed E-state index contributed by atoms with van der Waals surface area (Å²) in [7, 11) is -10.3. The van der Waals surface area contributed by atoms with E-state index in [1.807, 2.05) is 79.7 Å². The summed E-state index contributed by atoms with van der Waals surface area (Å²) >= 11 is 0. The van der Waals surface area contributed by atoms with Gasteiger partial charge in [0.05, 0.1) is 44.0 Å². The van der Waals surface area contributed by atoms with Gasteiger partial charge in [-0.2, -0.15) is 16.8 Å². The summed E-state index contributed by atoms with van der Waals surface area (Å²) in [6.45, 7) is 3.15. The van der Waals surface area contributed by atoms with Gasteiger partial charge in [-0.1, -0.05) is 17.7 Å². The van der Waals surface area contributed by atoms with E-state index in [9.17, 15) is 34.4 Å². The number of hydrogen-bond donors (Lipinski definition) is 2. The second kappa shape index (κ2) is 21.1. The first-order valence-corrected chi connectivity index (χ1v) is 26.9. The maximum Gasteiger partial charge on any atom is 0.298 e. The minimum atomic E-state index is -4.83. The van der Waals surface area contributed by atoms with Crippen molar-refractivity contribution in [1.82, 2.24) is 0 Å². The fourth-order valence-corrected chi connectivity index (χ4v) is 10.4. The minimum absolute atomic E-state index is 0.0405. The number of hydrogen-bond acceptors (Lipinski definition) is 15. The van der Waals surface area contributed by atoms with E-state index in [1.54, 1.807) is 43.5 Å². The molecular formula is C54H47N3O14S3. The van der Waals surface area contributed by atoms with E-state index in [0.29, 0.717) is 43.0 Å². The number of rotatable bonds is 17. The summed E-state index contributed by atoms with van der Waals surface area (Å²) in [5, 5.41) is 0. The molecular weight excluding hydrogens is 1010 g/mol. The molecule has 380 valence electrons. The van der Waals surface area contributed by atoms with Gasteiger partial charge in [-0.15, -0.1) is 0 Å². The maximum atomic E-state index is 13.2. The fourth-order valence-electron chi connectivity index (χ4n) is 7.87. The zero-order chi connectivity index (χ0) is 52.2. The Morgan fingerprint density at radius 2 is 0.662 bits per heavy atom. The van der Waals surface area contributed by atoms with Crippen molar-refractivity contribution in [2.24, 2.45) is 0 Å². The molecule has 1 saturated heterocycles. The van der Waals surface area contributed by atoms with Crippen LogP contribution in [0.25, 0.3) is 0 Å². The van der Waals surface area contributed by atoms with E-state index >= 15 is 0 Å². The average Bonchev–Trinajstić information content (AvgIpc) is 3.39. The van der Waals surface area contributed by atoms with Crippen LogP contribution in [0.5, 0.6) is 57.5 Å². The van der Waals surface area contributed by atoms with Gasteiger partial charge in [-0.3, -0.25) is 9.11 Å². The van der Waals surface area contributed by atoms with Gasteiger partial charge in [-0.05, 0) is 165 Å². The third kappa shape index (κ3) is 11.8. The Balaban J connectivity index is 0.933. The molecule has 0 bridgehead atoms. The number of methoxy groups -OCH3 is 2. The zero-order valence-corrected chi connectivity index (χ0v) is 42.3. The predicted octanol–water partition coefficient (Wildman–Crippen LogP) is 11.2. The Bertz CT molecular complexity index is 3620. The van der Waals surface area contributed by atoms with Crippen LogP contribution >= 0.6 is 0 Å². The van der Waals surface area contributed by atoms with Crippen LogP contribution < -0.4 is 43.1 Å². The van der Waals surface area contributed by atoms with Crippen LogP contribution in [0.1, 0.15) is 5.56 Å². The Hall–Kier alpha value is -8.27. The topological polar surface area (TPSA) is 208 Å². The van der Waals surface area contributed by atoms with Crippen molar-refractivity contribution >= 4 is 47.1 Å². The molecule has 20 heteroatoms. The lowest BCUT2D eigenvalue weighted by Crippen LogP contribution is -2.55. The van der Waals surface area contributed by atoms with Gasteiger partial charge in [0.1, 0.15) is 67.3 Å². The summed E-state index contributed by atoms with van der Waals surface area (Å²) < 4.78 is 131. The smallest absolute Gasteiger partial charge is 0.298 e. The van der Waals surface area contributed by atoms with E-state index in [4.69, 9.17) is 28.4 Å². The lowest BCUT2D eigenvalue weighted by molar-refractivity contribution is 0.407. The highest BCUT2D eigenvalue weighted by Gasteiger charge is 2.26. The number of benzene rings is 8. The first kappa shape index (κ1) is 50.7. The number of ether oxygens (including phenoxy) is 6. The van der Waals surface area contributed by atoms with Crippen molar-refractivity contribution in [2.75, 3.05) is 48.9 Å². The van der Waals surface area contributed by atoms with Crippen molar-refractivity contribution < 1.29 is 62.8 Å². The minimum Gasteiger partial charge on any atom is -0.497 e. The Morgan fingerprint density at radius 1 is 0.365 bits per heavy atom. The molecule has 0 aromatic heterocycles.